The fraction of sp³-hybridized carbons (Fsp3) is 0.710. The third kappa shape index (κ3) is 3.16. The SMILES string of the molecule is Cc1noc([C@@]23CCC4C(C(=O)C=C5[C@@]6(C)C=C(C#N)C(=O)[C@@](C)(O)C6CC[C@]54C)C2CC(C)(C)CC3)n1. The number of nitrogens with zero attached hydrogens (tertiary/aromatic N) is 3. The topological polar surface area (TPSA) is 117 Å². The number of hydrogen-bond acceptors (Lipinski definition) is 7. The van der Waals surface area contributed by atoms with Crippen LogP contribution in [0.5, 0.6) is 0 Å². The van der Waals surface area contributed by atoms with Gasteiger partial charge in [-0.15, -0.1) is 0 Å². The summed E-state index contributed by atoms with van der Waals surface area (Å²) in [5.74, 6) is 0.694. The number of hydrogen-bond donors (Lipinski definition) is 1. The number of carbonyl (C=O) groups is 2. The summed E-state index contributed by atoms with van der Waals surface area (Å²) in [7, 11) is 0. The van der Waals surface area contributed by atoms with Crippen LogP contribution in [0.25, 0.3) is 0 Å². The molecule has 5 aliphatic carbocycles. The van der Waals surface area contributed by atoms with Gasteiger partial charge in [-0.2, -0.15) is 10.2 Å². The summed E-state index contributed by atoms with van der Waals surface area (Å²) in [5.41, 5.74) is -1.82. The number of aliphatic hydroxyl groups is 1. The van der Waals surface area contributed by atoms with Crippen LogP contribution in [0, 0.1) is 58.2 Å². The number of fused-ring (bicyclic) bond motifs is 7. The molecule has 6 rings (SSSR count). The second-order valence-corrected chi connectivity index (χ2v) is 14.3. The molecule has 5 aliphatic rings. The fourth-order valence-electron chi connectivity index (χ4n) is 9.83. The van der Waals surface area contributed by atoms with Crippen LogP contribution < -0.4 is 0 Å². The molecule has 38 heavy (non-hydrogen) atoms. The first-order chi connectivity index (χ1) is 17.7. The van der Waals surface area contributed by atoms with E-state index >= 15 is 0 Å². The predicted octanol–water partition coefficient (Wildman–Crippen LogP) is 5.18. The molecule has 0 spiro atoms. The third-order valence-corrected chi connectivity index (χ3v) is 11.7. The minimum absolute atomic E-state index is 0.00285. The van der Waals surface area contributed by atoms with E-state index in [2.05, 4.69) is 25.9 Å². The highest BCUT2D eigenvalue weighted by Crippen LogP contribution is 2.69. The van der Waals surface area contributed by atoms with Gasteiger partial charge in [0.1, 0.15) is 11.7 Å². The number of allylic oxidation sites excluding steroid dienone is 3. The van der Waals surface area contributed by atoms with Crippen molar-refractivity contribution in [3.63, 3.8) is 0 Å². The number of nitriles is 1. The second-order valence-electron chi connectivity index (χ2n) is 14.3. The Bertz CT molecular complexity index is 1340. The largest absolute Gasteiger partial charge is 0.382 e. The first kappa shape index (κ1) is 25.7. The number of aromatic nitrogens is 2. The maximum absolute atomic E-state index is 14.3. The first-order valence-corrected chi connectivity index (χ1v) is 14.2. The summed E-state index contributed by atoms with van der Waals surface area (Å²) in [6, 6.07) is 2.03. The van der Waals surface area contributed by atoms with Crippen molar-refractivity contribution < 1.29 is 19.2 Å². The number of Topliss-reactive ketones (excluding diaryl/α,β-unsaturated/α-hetero) is 1. The Hall–Kier alpha value is -2.59. The zero-order chi connectivity index (χ0) is 27.5. The van der Waals surface area contributed by atoms with Crippen molar-refractivity contribution in [1.82, 2.24) is 10.1 Å². The maximum Gasteiger partial charge on any atom is 0.233 e. The van der Waals surface area contributed by atoms with E-state index in [4.69, 9.17) is 9.51 Å². The van der Waals surface area contributed by atoms with Gasteiger partial charge in [0, 0.05) is 17.3 Å². The van der Waals surface area contributed by atoms with Crippen LogP contribution >= 0.6 is 0 Å². The molecule has 8 atom stereocenters. The van der Waals surface area contributed by atoms with Gasteiger partial charge in [0.15, 0.2) is 11.6 Å². The van der Waals surface area contributed by atoms with Crippen molar-refractivity contribution in [3.8, 4) is 6.07 Å². The van der Waals surface area contributed by atoms with Crippen LogP contribution in [0.1, 0.15) is 91.3 Å². The normalized spacial score (nSPS) is 45.5. The molecule has 7 nitrogen and oxygen atoms in total. The van der Waals surface area contributed by atoms with E-state index in [9.17, 15) is 20.0 Å². The van der Waals surface area contributed by atoms with Gasteiger partial charge in [-0.1, -0.05) is 44.5 Å². The standard InChI is InChI=1S/C31H39N3O4/c1-17-33-26(38-34-17)31-10-7-19-24(20(31)15-27(2,3)11-12-31)21(35)13-23-28(19,4)9-8-22-29(23,5)14-18(16-32)25(36)30(22,6)37/h13-14,19-20,22,24,37H,7-12,15H2,1-6H3/t19?,20?,22?,24?,28-,29-,30-,31+/m0/s1. The summed E-state index contributed by atoms with van der Waals surface area (Å²) >= 11 is 0. The molecule has 4 unspecified atom stereocenters. The molecule has 202 valence electrons. The van der Waals surface area contributed by atoms with Crippen molar-refractivity contribution in [2.45, 2.75) is 97.5 Å². The zero-order valence-electron chi connectivity index (χ0n) is 23.4. The van der Waals surface area contributed by atoms with Crippen molar-refractivity contribution in [2.75, 3.05) is 0 Å². The fourth-order valence-corrected chi connectivity index (χ4v) is 9.83. The lowest BCUT2D eigenvalue weighted by Crippen LogP contribution is -2.63. The molecule has 7 heteroatoms. The Morgan fingerprint density at radius 3 is 2.45 bits per heavy atom. The Labute approximate surface area is 224 Å². The van der Waals surface area contributed by atoms with Crippen LogP contribution in [0.4, 0.5) is 0 Å². The van der Waals surface area contributed by atoms with E-state index in [0.717, 1.165) is 44.1 Å². The predicted molar refractivity (Wildman–Crippen MR) is 139 cm³/mol. The van der Waals surface area contributed by atoms with Gasteiger partial charge >= 0.3 is 0 Å². The van der Waals surface area contributed by atoms with Crippen LogP contribution in [-0.4, -0.2) is 32.4 Å². The summed E-state index contributed by atoms with van der Waals surface area (Å²) in [6.07, 6.45) is 9.79. The van der Waals surface area contributed by atoms with Gasteiger partial charge in [-0.05, 0) is 87.5 Å². The summed E-state index contributed by atoms with van der Waals surface area (Å²) in [5, 5.41) is 25.3. The Morgan fingerprint density at radius 1 is 1.05 bits per heavy atom. The molecule has 0 aliphatic heterocycles. The van der Waals surface area contributed by atoms with Crippen molar-refractivity contribution in [1.29, 1.82) is 5.26 Å². The smallest absolute Gasteiger partial charge is 0.233 e. The van der Waals surface area contributed by atoms with Crippen molar-refractivity contribution in [3.05, 3.63) is 35.0 Å². The van der Waals surface area contributed by atoms with Gasteiger partial charge in [-0.3, -0.25) is 9.59 Å². The molecule has 1 N–H and O–H groups in total. The highest BCUT2D eigenvalue weighted by atomic mass is 16.5. The average molecular weight is 518 g/mol. The van der Waals surface area contributed by atoms with E-state index < -0.39 is 16.8 Å². The highest BCUT2D eigenvalue weighted by molar-refractivity contribution is 6.06. The molecule has 1 aromatic rings. The van der Waals surface area contributed by atoms with E-state index in [0.29, 0.717) is 18.1 Å². The van der Waals surface area contributed by atoms with E-state index in [-0.39, 0.29) is 51.3 Å². The maximum atomic E-state index is 14.3. The first-order valence-electron chi connectivity index (χ1n) is 14.2. The van der Waals surface area contributed by atoms with Gasteiger partial charge in [0.2, 0.25) is 11.7 Å². The molecule has 3 fully saturated rings. The lowest BCUT2D eigenvalue weighted by Gasteiger charge is -2.64. The molecule has 1 heterocycles. The quantitative estimate of drug-likeness (QED) is 0.545. The molecule has 1 aromatic heterocycles. The zero-order valence-corrected chi connectivity index (χ0v) is 23.4. The lowest BCUT2D eigenvalue weighted by atomic mass is 9.39. The number of rotatable bonds is 1. The molecule has 0 aromatic carbocycles. The summed E-state index contributed by atoms with van der Waals surface area (Å²) < 4.78 is 5.84. The molecular weight excluding hydrogens is 478 g/mol. The van der Waals surface area contributed by atoms with E-state index in [1.165, 1.54) is 0 Å². The molecule has 0 saturated heterocycles. The summed E-state index contributed by atoms with van der Waals surface area (Å²) in [6.45, 7) is 12.3. The monoisotopic (exact) mass is 517 g/mol. The van der Waals surface area contributed by atoms with Crippen LogP contribution in [0.2, 0.25) is 0 Å². The van der Waals surface area contributed by atoms with Gasteiger partial charge in [0.25, 0.3) is 0 Å². The number of ketones is 2. The molecule has 0 radical (unpaired) electrons. The second kappa shape index (κ2) is 7.75. The average Bonchev–Trinajstić information content (AvgIpc) is 3.29. The van der Waals surface area contributed by atoms with Crippen LogP contribution in [0.15, 0.2) is 27.8 Å². The molecular formula is C31H39N3O4. The Morgan fingerprint density at radius 2 is 1.79 bits per heavy atom. The van der Waals surface area contributed by atoms with Crippen molar-refractivity contribution in [2.24, 2.45) is 39.9 Å². The van der Waals surface area contributed by atoms with Gasteiger partial charge in [0.05, 0.1) is 11.0 Å². The van der Waals surface area contributed by atoms with E-state index in [1.807, 2.05) is 26.0 Å². The Balaban J connectivity index is 1.50. The van der Waals surface area contributed by atoms with Crippen LogP contribution in [0.3, 0.4) is 0 Å². The number of aryl methyl sites for hydroxylation is 1. The number of carbonyl (C=O) groups excluding carboxylic acids is 2. The lowest BCUT2D eigenvalue weighted by molar-refractivity contribution is -0.152. The molecule has 0 bridgehead atoms. The molecule has 3 saturated carbocycles. The third-order valence-electron chi connectivity index (χ3n) is 11.7. The van der Waals surface area contributed by atoms with Gasteiger partial charge < -0.3 is 9.63 Å². The van der Waals surface area contributed by atoms with E-state index in [1.54, 1.807) is 13.0 Å². The van der Waals surface area contributed by atoms with Crippen molar-refractivity contribution >= 4 is 11.6 Å². The van der Waals surface area contributed by atoms with Gasteiger partial charge in [-0.25, -0.2) is 0 Å². The molecule has 0 amide bonds. The summed E-state index contributed by atoms with van der Waals surface area (Å²) in [4.78, 5) is 32.0. The minimum atomic E-state index is -1.64. The Kier molecular flexibility index (Phi) is 5.23. The van der Waals surface area contributed by atoms with Crippen LogP contribution in [-0.2, 0) is 15.0 Å². The minimum Gasteiger partial charge on any atom is -0.382 e. The highest BCUT2D eigenvalue weighted by Gasteiger charge is 2.67.